The van der Waals surface area contributed by atoms with Crippen LogP contribution in [-0.4, -0.2) is 30.8 Å². The van der Waals surface area contributed by atoms with Crippen molar-refractivity contribution in [1.82, 2.24) is 0 Å². The van der Waals surface area contributed by atoms with E-state index in [2.05, 4.69) is 26.1 Å². The van der Waals surface area contributed by atoms with Crippen LogP contribution in [0.3, 0.4) is 0 Å². The van der Waals surface area contributed by atoms with Gasteiger partial charge in [0.05, 0.1) is 13.2 Å². The normalized spacial score (nSPS) is 11.3. The number of carbonyl (C=O) groups excluding carboxylic acids is 1. The van der Waals surface area contributed by atoms with E-state index < -0.39 is 0 Å². The van der Waals surface area contributed by atoms with Crippen LogP contribution < -0.4 is 5.32 Å². The van der Waals surface area contributed by atoms with Gasteiger partial charge in [-0.15, -0.1) is 0 Å². The first kappa shape index (κ1) is 14.7. The molecule has 0 atom stereocenters. The molecule has 1 rings (SSSR count). The summed E-state index contributed by atoms with van der Waals surface area (Å²) >= 11 is 0. The average Bonchev–Trinajstić information content (AvgIpc) is 2.28. The molecule has 0 bridgehead atoms. The lowest BCUT2D eigenvalue weighted by Crippen LogP contribution is -2.22. The minimum atomic E-state index is -0.208. The zero-order valence-corrected chi connectivity index (χ0v) is 11.2. The minimum Gasteiger partial charge on any atom is -0.394 e. The highest BCUT2D eigenvalue weighted by atomic mass is 16.5. The van der Waals surface area contributed by atoms with Gasteiger partial charge >= 0.3 is 0 Å². The molecule has 1 amide bonds. The average molecular weight is 251 g/mol. The van der Waals surface area contributed by atoms with E-state index in [1.54, 1.807) is 0 Å². The van der Waals surface area contributed by atoms with Crippen LogP contribution in [0.25, 0.3) is 0 Å². The number of para-hydroxylation sites is 1. The third-order valence-corrected chi connectivity index (χ3v) is 2.48. The lowest BCUT2D eigenvalue weighted by Gasteiger charge is -2.22. The van der Waals surface area contributed by atoms with Gasteiger partial charge in [0.1, 0.15) is 6.61 Å². The number of aliphatic hydroxyl groups excluding tert-OH is 1. The van der Waals surface area contributed by atoms with Crippen molar-refractivity contribution in [2.45, 2.75) is 26.2 Å². The van der Waals surface area contributed by atoms with Crippen molar-refractivity contribution in [2.24, 2.45) is 0 Å². The van der Waals surface area contributed by atoms with Gasteiger partial charge in [0.15, 0.2) is 0 Å². The number of rotatable bonds is 5. The van der Waals surface area contributed by atoms with Gasteiger partial charge in [-0.05, 0) is 17.0 Å². The molecule has 0 aliphatic heterocycles. The Morgan fingerprint density at radius 1 is 1.33 bits per heavy atom. The van der Waals surface area contributed by atoms with E-state index in [1.807, 2.05) is 24.3 Å². The molecule has 0 heterocycles. The first-order chi connectivity index (χ1) is 8.45. The lowest BCUT2D eigenvalue weighted by molar-refractivity contribution is -0.120. The third kappa shape index (κ3) is 4.47. The van der Waals surface area contributed by atoms with Crippen molar-refractivity contribution in [3.8, 4) is 0 Å². The fourth-order valence-corrected chi connectivity index (χ4v) is 1.66. The van der Waals surface area contributed by atoms with Gasteiger partial charge in [-0.1, -0.05) is 39.0 Å². The Hall–Kier alpha value is -1.39. The van der Waals surface area contributed by atoms with Crippen LogP contribution in [0.5, 0.6) is 0 Å². The van der Waals surface area contributed by atoms with Gasteiger partial charge in [-0.3, -0.25) is 4.79 Å². The summed E-state index contributed by atoms with van der Waals surface area (Å²) in [6.07, 6.45) is 0. The van der Waals surface area contributed by atoms with Gasteiger partial charge in [0.2, 0.25) is 5.91 Å². The number of aliphatic hydroxyl groups is 1. The van der Waals surface area contributed by atoms with Gasteiger partial charge in [0, 0.05) is 5.69 Å². The molecule has 1 aromatic rings. The Morgan fingerprint density at radius 3 is 2.61 bits per heavy atom. The minimum absolute atomic E-state index is 0.0319. The summed E-state index contributed by atoms with van der Waals surface area (Å²) in [5.74, 6) is -0.208. The van der Waals surface area contributed by atoms with Crippen LogP contribution in [0.2, 0.25) is 0 Å². The highest BCUT2D eigenvalue weighted by molar-refractivity contribution is 5.92. The Balaban J connectivity index is 2.70. The van der Waals surface area contributed by atoms with E-state index in [0.717, 1.165) is 11.3 Å². The van der Waals surface area contributed by atoms with E-state index in [-0.39, 0.29) is 31.1 Å². The van der Waals surface area contributed by atoms with E-state index >= 15 is 0 Å². The molecule has 0 saturated carbocycles. The number of benzene rings is 1. The van der Waals surface area contributed by atoms with Crippen LogP contribution in [0.1, 0.15) is 26.3 Å². The molecule has 0 aliphatic rings. The first-order valence-electron chi connectivity index (χ1n) is 6.03. The molecule has 0 unspecified atom stereocenters. The summed E-state index contributed by atoms with van der Waals surface area (Å²) in [5, 5.41) is 11.4. The van der Waals surface area contributed by atoms with Gasteiger partial charge < -0.3 is 15.2 Å². The molecule has 0 saturated heterocycles. The highest BCUT2D eigenvalue weighted by Crippen LogP contribution is 2.29. The molecule has 0 aromatic heterocycles. The molecule has 2 N–H and O–H groups in total. The van der Waals surface area contributed by atoms with Crippen molar-refractivity contribution in [1.29, 1.82) is 0 Å². The molecule has 4 heteroatoms. The summed E-state index contributed by atoms with van der Waals surface area (Å²) < 4.78 is 4.98. The highest BCUT2D eigenvalue weighted by Gasteiger charge is 2.18. The molecule has 100 valence electrons. The summed E-state index contributed by atoms with van der Waals surface area (Å²) in [5.41, 5.74) is 1.86. The Morgan fingerprint density at radius 2 is 2.00 bits per heavy atom. The molecule has 0 fully saturated rings. The zero-order chi connectivity index (χ0) is 13.6. The van der Waals surface area contributed by atoms with E-state index in [9.17, 15) is 4.79 Å². The van der Waals surface area contributed by atoms with Gasteiger partial charge in [-0.25, -0.2) is 0 Å². The second-order valence-electron chi connectivity index (χ2n) is 5.12. The molecule has 0 aliphatic carbocycles. The standard InChI is InChI=1S/C14H21NO3/c1-14(2,3)11-6-4-5-7-12(11)15-13(17)10-18-9-8-16/h4-7,16H,8-10H2,1-3H3,(H,15,17). The van der Waals surface area contributed by atoms with Crippen LogP contribution in [0.15, 0.2) is 24.3 Å². The SMILES string of the molecule is CC(C)(C)c1ccccc1NC(=O)COCCO. The maximum Gasteiger partial charge on any atom is 0.250 e. The Kier molecular flexibility index (Phi) is 5.31. The first-order valence-corrected chi connectivity index (χ1v) is 6.03. The van der Waals surface area contributed by atoms with Crippen LogP contribution in [-0.2, 0) is 14.9 Å². The summed E-state index contributed by atoms with van der Waals surface area (Å²) in [7, 11) is 0. The quantitative estimate of drug-likeness (QED) is 0.786. The fraction of sp³-hybridized carbons (Fsp3) is 0.500. The number of anilines is 1. The monoisotopic (exact) mass is 251 g/mol. The predicted molar refractivity (Wildman–Crippen MR) is 71.7 cm³/mol. The molecule has 0 spiro atoms. The number of hydrogen-bond acceptors (Lipinski definition) is 3. The number of amides is 1. The molecule has 0 radical (unpaired) electrons. The number of nitrogens with one attached hydrogen (secondary N) is 1. The zero-order valence-electron chi connectivity index (χ0n) is 11.2. The number of hydrogen-bond donors (Lipinski definition) is 2. The maximum absolute atomic E-state index is 11.6. The summed E-state index contributed by atoms with van der Waals surface area (Å²) in [4.78, 5) is 11.6. The van der Waals surface area contributed by atoms with Crippen molar-refractivity contribution >= 4 is 11.6 Å². The van der Waals surface area contributed by atoms with Crippen molar-refractivity contribution in [2.75, 3.05) is 25.1 Å². The molecule has 4 nitrogen and oxygen atoms in total. The van der Waals surface area contributed by atoms with Crippen molar-refractivity contribution in [3.63, 3.8) is 0 Å². The van der Waals surface area contributed by atoms with E-state index in [4.69, 9.17) is 9.84 Å². The van der Waals surface area contributed by atoms with Gasteiger partial charge in [0.25, 0.3) is 0 Å². The molecular formula is C14H21NO3. The summed E-state index contributed by atoms with van der Waals surface area (Å²) in [6, 6.07) is 7.73. The van der Waals surface area contributed by atoms with E-state index in [0.29, 0.717) is 0 Å². The largest absolute Gasteiger partial charge is 0.394 e. The third-order valence-electron chi connectivity index (χ3n) is 2.48. The molecular weight excluding hydrogens is 230 g/mol. The second kappa shape index (κ2) is 6.52. The predicted octanol–water partition coefficient (Wildman–Crippen LogP) is 1.93. The topological polar surface area (TPSA) is 58.6 Å². The van der Waals surface area contributed by atoms with E-state index in [1.165, 1.54) is 0 Å². The van der Waals surface area contributed by atoms with Crippen molar-refractivity contribution in [3.05, 3.63) is 29.8 Å². The fourth-order valence-electron chi connectivity index (χ4n) is 1.66. The lowest BCUT2D eigenvalue weighted by atomic mass is 9.86. The number of ether oxygens (including phenoxy) is 1. The smallest absolute Gasteiger partial charge is 0.250 e. The van der Waals surface area contributed by atoms with Crippen molar-refractivity contribution < 1.29 is 14.6 Å². The van der Waals surface area contributed by atoms with Crippen LogP contribution >= 0.6 is 0 Å². The Bertz CT molecular complexity index is 396. The molecule has 18 heavy (non-hydrogen) atoms. The number of carbonyl (C=O) groups is 1. The van der Waals surface area contributed by atoms with Crippen LogP contribution in [0, 0.1) is 0 Å². The summed E-state index contributed by atoms with van der Waals surface area (Å²) in [6.45, 7) is 6.35. The second-order valence-corrected chi connectivity index (χ2v) is 5.12. The van der Waals surface area contributed by atoms with Gasteiger partial charge in [-0.2, -0.15) is 0 Å². The Labute approximate surface area is 108 Å². The molecule has 1 aromatic carbocycles. The maximum atomic E-state index is 11.6. The van der Waals surface area contributed by atoms with Crippen LogP contribution in [0.4, 0.5) is 5.69 Å².